The van der Waals surface area contributed by atoms with Gasteiger partial charge in [0.05, 0.1) is 12.6 Å². The van der Waals surface area contributed by atoms with Crippen LogP contribution in [0.4, 0.5) is 0 Å². The highest BCUT2D eigenvalue weighted by Gasteiger charge is 2.30. The zero-order valence-corrected chi connectivity index (χ0v) is 9.58. The Morgan fingerprint density at radius 2 is 2.35 bits per heavy atom. The minimum atomic E-state index is -0.292. The summed E-state index contributed by atoms with van der Waals surface area (Å²) < 4.78 is 0.575. The molecule has 0 aromatic carbocycles. The van der Waals surface area contributed by atoms with E-state index in [0.29, 0.717) is 11.3 Å². The summed E-state index contributed by atoms with van der Waals surface area (Å²) in [4.78, 5) is 13.8. The number of aromatic nitrogens is 1. The summed E-state index contributed by atoms with van der Waals surface area (Å²) in [7, 11) is 0. The van der Waals surface area contributed by atoms with Gasteiger partial charge < -0.3 is 15.2 Å². The Morgan fingerprint density at radius 3 is 3.06 bits per heavy atom. The third-order valence-electron chi connectivity index (χ3n) is 3.14. The summed E-state index contributed by atoms with van der Waals surface area (Å²) in [5.74, 6) is -0.292. The normalized spacial score (nSPS) is 20.3. The van der Waals surface area contributed by atoms with Crippen molar-refractivity contribution in [1.82, 2.24) is 4.90 Å². The van der Waals surface area contributed by atoms with E-state index in [9.17, 15) is 15.1 Å². The lowest BCUT2D eigenvalue weighted by atomic mass is 10.0. The number of aliphatic hydroxyl groups excluding tert-OH is 1. The lowest BCUT2D eigenvalue weighted by Crippen LogP contribution is -2.49. The second-order valence-corrected chi connectivity index (χ2v) is 4.24. The number of likely N-dealkylation sites (tertiary alicyclic amines) is 1. The van der Waals surface area contributed by atoms with Crippen molar-refractivity contribution in [2.45, 2.75) is 25.3 Å². The largest absolute Gasteiger partial charge is 0.618 e. The summed E-state index contributed by atoms with van der Waals surface area (Å²) in [5, 5.41) is 20.8. The van der Waals surface area contributed by atoms with E-state index < -0.39 is 0 Å². The van der Waals surface area contributed by atoms with Gasteiger partial charge in [-0.3, -0.25) is 4.79 Å². The predicted octanol–water partition coefficient (Wildman–Crippen LogP) is 0.307. The Morgan fingerprint density at radius 1 is 1.53 bits per heavy atom. The molecule has 0 bridgehead atoms. The van der Waals surface area contributed by atoms with Crippen molar-refractivity contribution in [3.8, 4) is 0 Å². The van der Waals surface area contributed by atoms with Crippen LogP contribution in [0.5, 0.6) is 0 Å². The number of hydrogen-bond acceptors (Lipinski definition) is 3. The molecule has 1 N–H and O–H groups in total. The summed E-state index contributed by atoms with van der Waals surface area (Å²) in [6.45, 7) is 0.566. The Balaban J connectivity index is 2.21. The van der Waals surface area contributed by atoms with Crippen LogP contribution in [0.25, 0.3) is 0 Å². The Labute approximate surface area is 99.9 Å². The molecule has 1 amide bonds. The molecule has 1 saturated heterocycles. The monoisotopic (exact) mass is 236 g/mol. The first-order valence-corrected chi connectivity index (χ1v) is 5.84. The van der Waals surface area contributed by atoms with Crippen molar-refractivity contribution in [2.24, 2.45) is 0 Å². The quantitative estimate of drug-likeness (QED) is 0.593. The van der Waals surface area contributed by atoms with E-state index in [1.165, 1.54) is 12.3 Å². The number of piperidine rings is 1. The maximum absolute atomic E-state index is 12.2. The standard InChI is InChI=1S/C12H16N2O3/c15-9-10-5-1-3-7-13(10)12(16)11-6-2-4-8-14(11)17/h2,4,6,8,10,15H,1,3,5,7,9H2. The lowest BCUT2D eigenvalue weighted by molar-refractivity contribution is -0.608. The van der Waals surface area contributed by atoms with E-state index >= 15 is 0 Å². The average molecular weight is 236 g/mol. The molecule has 1 aromatic rings. The van der Waals surface area contributed by atoms with Gasteiger partial charge in [-0.25, -0.2) is 0 Å². The molecule has 5 nitrogen and oxygen atoms in total. The van der Waals surface area contributed by atoms with Crippen LogP contribution in [0.2, 0.25) is 0 Å². The summed E-state index contributed by atoms with van der Waals surface area (Å²) in [6.07, 6.45) is 4.05. The van der Waals surface area contributed by atoms with Gasteiger partial charge in [0, 0.05) is 18.7 Å². The van der Waals surface area contributed by atoms with Crippen LogP contribution in [0.15, 0.2) is 24.4 Å². The van der Waals surface area contributed by atoms with Gasteiger partial charge in [0.25, 0.3) is 5.69 Å². The van der Waals surface area contributed by atoms with Crippen molar-refractivity contribution < 1.29 is 14.6 Å². The van der Waals surface area contributed by atoms with Gasteiger partial charge in [-0.05, 0) is 25.3 Å². The lowest BCUT2D eigenvalue weighted by Gasteiger charge is -2.33. The zero-order valence-electron chi connectivity index (χ0n) is 9.58. The second-order valence-electron chi connectivity index (χ2n) is 4.24. The van der Waals surface area contributed by atoms with Crippen LogP contribution in [-0.4, -0.2) is 35.1 Å². The molecular formula is C12H16N2O3. The van der Waals surface area contributed by atoms with Crippen molar-refractivity contribution in [3.05, 3.63) is 35.3 Å². The van der Waals surface area contributed by atoms with E-state index in [0.717, 1.165) is 19.3 Å². The first kappa shape index (κ1) is 11.9. The number of amides is 1. The molecule has 0 aliphatic carbocycles. The van der Waals surface area contributed by atoms with Gasteiger partial charge in [-0.2, -0.15) is 4.73 Å². The molecule has 17 heavy (non-hydrogen) atoms. The van der Waals surface area contributed by atoms with Gasteiger partial charge in [0.15, 0.2) is 6.20 Å². The Kier molecular flexibility index (Phi) is 3.58. The Bertz CT molecular complexity index is 408. The average Bonchev–Trinajstić information content (AvgIpc) is 2.38. The second kappa shape index (κ2) is 5.14. The van der Waals surface area contributed by atoms with Crippen molar-refractivity contribution in [3.63, 3.8) is 0 Å². The fourth-order valence-electron chi connectivity index (χ4n) is 2.20. The molecule has 1 unspecified atom stereocenters. The van der Waals surface area contributed by atoms with Gasteiger partial charge >= 0.3 is 5.91 Å². The molecule has 2 rings (SSSR count). The number of carbonyl (C=O) groups excluding carboxylic acids is 1. The minimum Gasteiger partial charge on any atom is -0.618 e. The SMILES string of the molecule is O=C(c1cccc[n+]1[O-])N1CCCCC1CO. The molecule has 2 heterocycles. The third kappa shape index (κ3) is 2.39. The first-order valence-electron chi connectivity index (χ1n) is 5.84. The highest BCUT2D eigenvalue weighted by atomic mass is 16.5. The predicted molar refractivity (Wildman–Crippen MR) is 61.2 cm³/mol. The topological polar surface area (TPSA) is 67.5 Å². The van der Waals surface area contributed by atoms with Crippen LogP contribution in [0.1, 0.15) is 29.8 Å². The van der Waals surface area contributed by atoms with E-state index in [1.54, 1.807) is 17.0 Å². The van der Waals surface area contributed by atoms with Crippen LogP contribution in [0.3, 0.4) is 0 Å². The molecule has 1 atom stereocenters. The molecule has 1 aromatic heterocycles. The number of aliphatic hydroxyl groups is 1. The highest BCUT2D eigenvalue weighted by molar-refractivity contribution is 5.91. The number of pyridine rings is 1. The molecule has 1 fully saturated rings. The van der Waals surface area contributed by atoms with Crippen molar-refractivity contribution in [1.29, 1.82) is 0 Å². The number of carbonyl (C=O) groups is 1. The molecule has 0 saturated carbocycles. The molecular weight excluding hydrogens is 220 g/mol. The molecule has 0 radical (unpaired) electrons. The maximum Gasteiger partial charge on any atom is 0.320 e. The zero-order chi connectivity index (χ0) is 12.3. The van der Waals surface area contributed by atoms with Crippen LogP contribution < -0.4 is 4.73 Å². The smallest absolute Gasteiger partial charge is 0.320 e. The summed E-state index contributed by atoms with van der Waals surface area (Å²) >= 11 is 0. The van der Waals surface area contributed by atoms with E-state index in [2.05, 4.69) is 0 Å². The summed E-state index contributed by atoms with van der Waals surface area (Å²) in [5.41, 5.74) is 0.118. The van der Waals surface area contributed by atoms with Gasteiger partial charge in [-0.15, -0.1) is 0 Å². The highest BCUT2D eigenvalue weighted by Crippen LogP contribution is 2.18. The third-order valence-corrected chi connectivity index (χ3v) is 3.14. The van der Waals surface area contributed by atoms with Crippen molar-refractivity contribution >= 4 is 5.91 Å². The minimum absolute atomic E-state index is 0.0442. The first-order chi connectivity index (χ1) is 8.24. The molecule has 5 heteroatoms. The van der Waals surface area contributed by atoms with E-state index in [4.69, 9.17) is 0 Å². The van der Waals surface area contributed by atoms with Crippen LogP contribution in [-0.2, 0) is 0 Å². The van der Waals surface area contributed by atoms with Crippen LogP contribution in [0, 0.1) is 5.21 Å². The fraction of sp³-hybridized carbons (Fsp3) is 0.500. The van der Waals surface area contributed by atoms with Gasteiger partial charge in [0.2, 0.25) is 0 Å². The van der Waals surface area contributed by atoms with E-state index in [-0.39, 0.29) is 24.2 Å². The summed E-state index contributed by atoms with van der Waals surface area (Å²) in [6, 6.07) is 4.61. The Hall–Kier alpha value is -1.62. The molecule has 1 aliphatic heterocycles. The van der Waals surface area contributed by atoms with Gasteiger partial charge in [-0.1, -0.05) is 0 Å². The number of nitrogens with zero attached hydrogens (tertiary/aromatic N) is 2. The number of hydrogen-bond donors (Lipinski definition) is 1. The van der Waals surface area contributed by atoms with Crippen molar-refractivity contribution in [2.75, 3.05) is 13.2 Å². The fourth-order valence-corrected chi connectivity index (χ4v) is 2.20. The van der Waals surface area contributed by atoms with E-state index in [1.807, 2.05) is 0 Å². The molecule has 92 valence electrons. The van der Waals surface area contributed by atoms with Crippen LogP contribution >= 0.6 is 0 Å². The maximum atomic E-state index is 12.2. The molecule has 1 aliphatic rings. The van der Waals surface area contributed by atoms with Gasteiger partial charge in [0.1, 0.15) is 0 Å². The number of rotatable bonds is 2. The molecule has 0 spiro atoms.